The maximum Gasteiger partial charge on any atom is 0.0692 e. The third-order valence-electron chi connectivity index (χ3n) is 3.86. The van der Waals surface area contributed by atoms with Crippen molar-refractivity contribution in [2.45, 2.75) is 57.7 Å². The molecule has 0 aromatic heterocycles. The number of hydrogen-bond donors (Lipinski definition) is 0. The predicted molar refractivity (Wildman–Crippen MR) is 60.9 cm³/mol. The van der Waals surface area contributed by atoms with E-state index in [-0.39, 0.29) is 17.1 Å². The Hall–Kier alpha value is -0.590. The third-order valence-corrected chi connectivity index (χ3v) is 3.86. The molecule has 1 unspecified atom stereocenters. The van der Waals surface area contributed by atoms with Crippen LogP contribution in [0.15, 0.2) is 0 Å². The van der Waals surface area contributed by atoms with Crippen molar-refractivity contribution in [2.75, 3.05) is 13.2 Å². The van der Waals surface area contributed by atoms with Crippen LogP contribution in [0.4, 0.5) is 0 Å². The highest BCUT2D eigenvalue weighted by atomic mass is 16.5. The molecule has 0 radical (unpaired) electrons. The standard InChI is InChI=1S/C13H21NO2/c1-12(2)4-3-11(16-12)9-13(10-14)5-7-15-8-6-13/h11H,3-9H2,1-2H3. The highest BCUT2D eigenvalue weighted by Crippen LogP contribution is 2.40. The van der Waals surface area contributed by atoms with Crippen LogP contribution in [-0.2, 0) is 9.47 Å². The van der Waals surface area contributed by atoms with Crippen LogP contribution in [0.2, 0.25) is 0 Å². The molecule has 0 saturated carbocycles. The lowest BCUT2D eigenvalue weighted by molar-refractivity contribution is -0.0453. The van der Waals surface area contributed by atoms with Gasteiger partial charge in [0, 0.05) is 13.2 Å². The molecular formula is C13H21NO2. The maximum atomic E-state index is 9.37. The topological polar surface area (TPSA) is 42.2 Å². The molecule has 3 heteroatoms. The monoisotopic (exact) mass is 223 g/mol. The number of nitriles is 1. The Balaban J connectivity index is 1.95. The Morgan fingerprint density at radius 3 is 2.44 bits per heavy atom. The molecular weight excluding hydrogens is 202 g/mol. The Morgan fingerprint density at radius 2 is 1.94 bits per heavy atom. The Kier molecular flexibility index (Phi) is 3.23. The van der Waals surface area contributed by atoms with Gasteiger partial charge in [0.25, 0.3) is 0 Å². The molecule has 1 atom stereocenters. The van der Waals surface area contributed by atoms with Crippen LogP contribution in [0.25, 0.3) is 0 Å². The van der Waals surface area contributed by atoms with E-state index in [2.05, 4.69) is 19.9 Å². The molecule has 2 rings (SSSR count). The Morgan fingerprint density at radius 1 is 1.25 bits per heavy atom. The smallest absolute Gasteiger partial charge is 0.0692 e. The first-order valence-electron chi connectivity index (χ1n) is 6.22. The molecule has 2 aliphatic heterocycles. The first-order chi connectivity index (χ1) is 7.55. The average molecular weight is 223 g/mol. The van der Waals surface area contributed by atoms with Gasteiger partial charge in [-0.25, -0.2) is 0 Å². The minimum Gasteiger partial charge on any atom is -0.381 e. The average Bonchev–Trinajstić information content (AvgIpc) is 2.59. The van der Waals surface area contributed by atoms with Gasteiger partial charge in [0.2, 0.25) is 0 Å². The van der Waals surface area contributed by atoms with E-state index >= 15 is 0 Å². The molecule has 2 saturated heterocycles. The lowest BCUT2D eigenvalue weighted by Gasteiger charge is -2.33. The van der Waals surface area contributed by atoms with E-state index in [1.165, 1.54) is 0 Å². The van der Waals surface area contributed by atoms with Crippen LogP contribution in [0.5, 0.6) is 0 Å². The van der Waals surface area contributed by atoms with E-state index in [1.807, 2.05) is 0 Å². The fourth-order valence-electron chi connectivity index (χ4n) is 2.78. The number of hydrogen-bond acceptors (Lipinski definition) is 3. The van der Waals surface area contributed by atoms with E-state index in [0.717, 1.165) is 45.3 Å². The fraction of sp³-hybridized carbons (Fsp3) is 0.923. The molecule has 2 heterocycles. The number of nitrogens with zero attached hydrogens (tertiary/aromatic N) is 1. The predicted octanol–water partition coefficient (Wildman–Crippen LogP) is 2.65. The van der Waals surface area contributed by atoms with Crippen LogP contribution in [0.1, 0.15) is 46.0 Å². The first-order valence-corrected chi connectivity index (χ1v) is 6.22. The zero-order valence-corrected chi connectivity index (χ0v) is 10.3. The van der Waals surface area contributed by atoms with Gasteiger partial charge in [-0.15, -0.1) is 0 Å². The summed E-state index contributed by atoms with van der Waals surface area (Å²) in [6.45, 7) is 5.72. The molecule has 2 fully saturated rings. The van der Waals surface area contributed by atoms with Crippen LogP contribution >= 0.6 is 0 Å². The van der Waals surface area contributed by atoms with Gasteiger partial charge in [0.15, 0.2) is 0 Å². The second kappa shape index (κ2) is 4.35. The minimum absolute atomic E-state index is 0.00643. The SMILES string of the molecule is CC1(C)CCC(CC2(C#N)CCOCC2)O1. The van der Waals surface area contributed by atoms with Gasteiger partial charge >= 0.3 is 0 Å². The molecule has 0 aromatic rings. The highest BCUT2D eigenvalue weighted by Gasteiger charge is 2.40. The molecule has 0 amide bonds. The lowest BCUT2D eigenvalue weighted by atomic mass is 9.76. The largest absolute Gasteiger partial charge is 0.381 e. The van der Waals surface area contributed by atoms with Crippen molar-refractivity contribution >= 4 is 0 Å². The van der Waals surface area contributed by atoms with E-state index in [9.17, 15) is 5.26 Å². The normalized spacial score (nSPS) is 32.2. The molecule has 0 bridgehead atoms. The van der Waals surface area contributed by atoms with Gasteiger partial charge < -0.3 is 9.47 Å². The molecule has 0 spiro atoms. The summed E-state index contributed by atoms with van der Waals surface area (Å²) in [5, 5.41) is 9.37. The second-order valence-corrected chi connectivity index (χ2v) is 5.75. The van der Waals surface area contributed by atoms with Crippen molar-refractivity contribution in [1.29, 1.82) is 5.26 Å². The summed E-state index contributed by atoms with van der Waals surface area (Å²) >= 11 is 0. The van der Waals surface area contributed by atoms with Crippen LogP contribution in [0, 0.1) is 16.7 Å². The van der Waals surface area contributed by atoms with Gasteiger partial charge in [-0.3, -0.25) is 0 Å². The molecule has 0 N–H and O–H groups in total. The van der Waals surface area contributed by atoms with Crippen molar-refractivity contribution in [3.8, 4) is 6.07 Å². The van der Waals surface area contributed by atoms with Gasteiger partial charge in [-0.1, -0.05) is 0 Å². The quantitative estimate of drug-likeness (QED) is 0.722. The first kappa shape index (κ1) is 11.9. The van der Waals surface area contributed by atoms with Crippen LogP contribution < -0.4 is 0 Å². The summed E-state index contributed by atoms with van der Waals surface area (Å²) in [5.74, 6) is 0. The van der Waals surface area contributed by atoms with Crippen molar-refractivity contribution in [3.05, 3.63) is 0 Å². The molecule has 0 aliphatic carbocycles. The van der Waals surface area contributed by atoms with Crippen molar-refractivity contribution in [1.82, 2.24) is 0 Å². The van der Waals surface area contributed by atoms with Crippen molar-refractivity contribution in [2.24, 2.45) is 5.41 Å². The lowest BCUT2D eigenvalue weighted by Crippen LogP contribution is -2.32. The summed E-state index contributed by atoms with van der Waals surface area (Å²) in [6.07, 6.45) is 5.09. The molecule has 2 aliphatic rings. The second-order valence-electron chi connectivity index (χ2n) is 5.75. The molecule has 90 valence electrons. The summed E-state index contributed by atoms with van der Waals surface area (Å²) in [4.78, 5) is 0. The summed E-state index contributed by atoms with van der Waals surface area (Å²) in [7, 11) is 0. The summed E-state index contributed by atoms with van der Waals surface area (Å²) in [5.41, 5.74) is -0.185. The van der Waals surface area contributed by atoms with Crippen molar-refractivity contribution < 1.29 is 9.47 Å². The molecule has 3 nitrogen and oxygen atoms in total. The third kappa shape index (κ3) is 2.56. The van der Waals surface area contributed by atoms with E-state index < -0.39 is 0 Å². The van der Waals surface area contributed by atoms with Gasteiger partial charge in [-0.2, -0.15) is 5.26 Å². The fourth-order valence-corrected chi connectivity index (χ4v) is 2.78. The van der Waals surface area contributed by atoms with E-state index in [0.29, 0.717) is 0 Å². The zero-order chi connectivity index (χ0) is 11.6. The van der Waals surface area contributed by atoms with Gasteiger partial charge in [-0.05, 0) is 46.0 Å². The Labute approximate surface area is 97.7 Å². The van der Waals surface area contributed by atoms with Gasteiger partial charge in [0.05, 0.1) is 23.2 Å². The maximum absolute atomic E-state index is 9.37. The molecule has 0 aromatic carbocycles. The van der Waals surface area contributed by atoms with E-state index in [1.54, 1.807) is 0 Å². The van der Waals surface area contributed by atoms with Crippen molar-refractivity contribution in [3.63, 3.8) is 0 Å². The van der Waals surface area contributed by atoms with Crippen LogP contribution in [-0.4, -0.2) is 24.9 Å². The van der Waals surface area contributed by atoms with Gasteiger partial charge in [0.1, 0.15) is 0 Å². The summed E-state index contributed by atoms with van der Waals surface area (Å²) in [6, 6.07) is 2.51. The van der Waals surface area contributed by atoms with Crippen LogP contribution in [0.3, 0.4) is 0 Å². The number of rotatable bonds is 2. The zero-order valence-electron chi connectivity index (χ0n) is 10.3. The molecule has 16 heavy (non-hydrogen) atoms. The summed E-state index contributed by atoms with van der Waals surface area (Å²) < 4.78 is 11.3. The highest BCUT2D eigenvalue weighted by molar-refractivity contribution is 5.02. The number of ether oxygens (including phenoxy) is 2. The van der Waals surface area contributed by atoms with E-state index in [4.69, 9.17) is 9.47 Å². The minimum atomic E-state index is -0.191. The Bertz CT molecular complexity index is 287.